The zero-order chi connectivity index (χ0) is 18.2. The van der Waals surface area contributed by atoms with Gasteiger partial charge in [-0.3, -0.25) is 10.1 Å². The fraction of sp³-hybridized carbons (Fsp3) is 0.300. The van der Waals surface area contributed by atoms with Crippen molar-refractivity contribution < 1.29 is 14.3 Å². The van der Waals surface area contributed by atoms with Gasteiger partial charge in [0, 0.05) is 6.07 Å². The number of hydrogen-bond donors (Lipinski definition) is 2. The van der Waals surface area contributed by atoms with Crippen LogP contribution in [0.1, 0.15) is 26.2 Å². The molecule has 0 unspecified atom stereocenters. The molecule has 0 spiro atoms. The minimum Gasteiger partial charge on any atom is -0.493 e. The van der Waals surface area contributed by atoms with Gasteiger partial charge in [-0.15, -0.1) is 0 Å². The molecule has 0 radical (unpaired) electrons. The molecule has 0 fully saturated rings. The molecule has 0 saturated heterocycles. The Morgan fingerprint density at radius 1 is 1.08 bits per heavy atom. The van der Waals surface area contributed by atoms with E-state index in [0.717, 1.165) is 36.0 Å². The first-order valence-electron chi connectivity index (χ1n) is 8.85. The maximum absolute atomic E-state index is 12.1. The molecular formula is C20H23N3O3. The van der Waals surface area contributed by atoms with Crippen LogP contribution in [0.5, 0.6) is 11.5 Å². The minimum atomic E-state index is -0.279. The van der Waals surface area contributed by atoms with E-state index in [2.05, 4.69) is 22.2 Å². The molecule has 3 rings (SSSR count). The molecule has 2 N–H and O–H groups in total. The molecule has 6 heteroatoms. The summed E-state index contributed by atoms with van der Waals surface area (Å²) in [5.41, 5.74) is 1.67. The number of H-pyrrole nitrogens is 1. The van der Waals surface area contributed by atoms with Gasteiger partial charge in [-0.1, -0.05) is 38.0 Å². The predicted octanol–water partition coefficient (Wildman–Crippen LogP) is 4.15. The van der Waals surface area contributed by atoms with Crippen molar-refractivity contribution in [2.24, 2.45) is 0 Å². The molecule has 0 aliphatic rings. The number of unbranched alkanes of at least 4 members (excludes halogenated alkanes) is 2. The SMILES string of the molecule is CCCCCOc1cccc(OCC(=O)Nc2nc3ccccc3[nH]2)c1. The lowest BCUT2D eigenvalue weighted by atomic mass is 10.3. The van der Waals surface area contributed by atoms with Crippen molar-refractivity contribution in [2.45, 2.75) is 26.2 Å². The van der Waals surface area contributed by atoms with E-state index < -0.39 is 0 Å². The molecule has 6 nitrogen and oxygen atoms in total. The van der Waals surface area contributed by atoms with Crippen molar-refractivity contribution in [2.75, 3.05) is 18.5 Å². The Morgan fingerprint density at radius 3 is 2.69 bits per heavy atom. The van der Waals surface area contributed by atoms with E-state index in [9.17, 15) is 4.79 Å². The molecule has 0 saturated carbocycles. The Balaban J connectivity index is 1.49. The van der Waals surface area contributed by atoms with Crippen LogP contribution in [0.3, 0.4) is 0 Å². The van der Waals surface area contributed by atoms with Gasteiger partial charge in [-0.25, -0.2) is 4.98 Å². The summed E-state index contributed by atoms with van der Waals surface area (Å²) in [6.45, 7) is 2.74. The van der Waals surface area contributed by atoms with Gasteiger partial charge < -0.3 is 14.5 Å². The number of imidazole rings is 1. The van der Waals surface area contributed by atoms with Gasteiger partial charge in [-0.05, 0) is 30.7 Å². The third kappa shape index (κ3) is 4.99. The van der Waals surface area contributed by atoms with Crippen LogP contribution in [0, 0.1) is 0 Å². The van der Waals surface area contributed by atoms with Crippen molar-refractivity contribution in [1.29, 1.82) is 0 Å². The average Bonchev–Trinajstić information content (AvgIpc) is 3.06. The first-order valence-corrected chi connectivity index (χ1v) is 8.85. The third-order valence-electron chi connectivity index (χ3n) is 3.84. The van der Waals surface area contributed by atoms with E-state index in [1.54, 1.807) is 12.1 Å². The van der Waals surface area contributed by atoms with Gasteiger partial charge in [-0.2, -0.15) is 0 Å². The molecule has 0 aliphatic carbocycles. The van der Waals surface area contributed by atoms with Crippen LogP contribution in [0.4, 0.5) is 5.95 Å². The number of fused-ring (bicyclic) bond motifs is 1. The Morgan fingerprint density at radius 2 is 1.88 bits per heavy atom. The van der Waals surface area contributed by atoms with Crippen molar-refractivity contribution in [1.82, 2.24) is 9.97 Å². The molecule has 1 amide bonds. The van der Waals surface area contributed by atoms with E-state index in [-0.39, 0.29) is 12.5 Å². The van der Waals surface area contributed by atoms with E-state index in [1.165, 1.54) is 0 Å². The highest BCUT2D eigenvalue weighted by molar-refractivity contribution is 5.92. The second-order valence-electron chi connectivity index (χ2n) is 5.97. The number of nitrogens with one attached hydrogen (secondary N) is 2. The van der Waals surface area contributed by atoms with E-state index in [0.29, 0.717) is 18.3 Å². The molecule has 0 atom stereocenters. The summed E-state index contributed by atoms with van der Waals surface area (Å²) in [5.74, 6) is 1.47. The summed E-state index contributed by atoms with van der Waals surface area (Å²) in [7, 11) is 0. The zero-order valence-corrected chi connectivity index (χ0v) is 14.8. The number of benzene rings is 2. The maximum atomic E-state index is 12.1. The Hall–Kier alpha value is -3.02. The van der Waals surface area contributed by atoms with E-state index in [4.69, 9.17) is 9.47 Å². The van der Waals surface area contributed by atoms with Gasteiger partial charge in [0.25, 0.3) is 5.91 Å². The summed E-state index contributed by atoms with van der Waals surface area (Å²) >= 11 is 0. The highest BCUT2D eigenvalue weighted by atomic mass is 16.5. The summed E-state index contributed by atoms with van der Waals surface area (Å²) in [6.07, 6.45) is 3.34. The number of hydrogen-bond acceptors (Lipinski definition) is 4. The van der Waals surface area contributed by atoms with E-state index in [1.807, 2.05) is 36.4 Å². The normalized spacial score (nSPS) is 10.7. The smallest absolute Gasteiger partial charge is 0.264 e. The zero-order valence-electron chi connectivity index (χ0n) is 14.8. The Labute approximate surface area is 152 Å². The molecule has 136 valence electrons. The second kappa shape index (κ2) is 8.89. The number of carbonyl (C=O) groups is 1. The summed E-state index contributed by atoms with van der Waals surface area (Å²) in [5, 5.41) is 2.70. The summed E-state index contributed by atoms with van der Waals surface area (Å²) in [6, 6.07) is 14.9. The molecule has 1 aromatic heterocycles. The van der Waals surface area contributed by atoms with Gasteiger partial charge in [0.05, 0.1) is 17.6 Å². The van der Waals surface area contributed by atoms with Crippen molar-refractivity contribution in [3.05, 3.63) is 48.5 Å². The molecule has 26 heavy (non-hydrogen) atoms. The lowest BCUT2D eigenvalue weighted by Crippen LogP contribution is -2.20. The number of ether oxygens (including phenoxy) is 2. The fourth-order valence-electron chi connectivity index (χ4n) is 2.52. The minimum absolute atomic E-state index is 0.101. The monoisotopic (exact) mass is 353 g/mol. The van der Waals surface area contributed by atoms with Crippen molar-refractivity contribution in [3.8, 4) is 11.5 Å². The lowest BCUT2D eigenvalue weighted by molar-refractivity contribution is -0.118. The van der Waals surface area contributed by atoms with Crippen LogP contribution >= 0.6 is 0 Å². The quantitative estimate of drug-likeness (QED) is 0.567. The lowest BCUT2D eigenvalue weighted by Gasteiger charge is -2.09. The number of nitrogens with zero attached hydrogens (tertiary/aromatic N) is 1. The number of rotatable bonds is 9. The van der Waals surface area contributed by atoms with E-state index >= 15 is 0 Å². The largest absolute Gasteiger partial charge is 0.493 e. The van der Waals surface area contributed by atoms with Gasteiger partial charge in [0.2, 0.25) is 5.95 Å². The van der Waals surface area contributed by atoms with Gasteiger partial charge in [0.15, 0.2) is 6.61 Å². The Bertz CT molecular complexity index is 827. The van der Waals surface area contributed by atoms with Crippen molar-refractivity contribution in [3.63, 3.8) is 0 Å². The van der Waals surface area contributed by atoms with Crippen LogP contribution in [0.25, 0.3) is 11.0 Å². The third-order valence-corrected chi connectivity index (χ3v) is 3.84. The van der Waals surface area contributed by atoms with Crippen molar-refractivity contribution >= 4 is 22.9 Å². The number of aromatic nitrogens is 2. The molecule has 0 bridgehead atoms. The highest BCUT2D eigenvalue weighted by Crippen LogP contribution is 2.20. The van der Waals surface area contributed by atoms with Crippen LogP contribution in [0.15, 0.2) is 48.5 Å². The number of amides is 1. The Kier molecular flexibility index (Phi) is 6.09. The number of carbonyl (C=O) groups excluding carboxylic acids is 1. The summed E-state index contributed by atoms with van der Waals surface area (Å²) in [4.78, 5) is 19.4. The highest BCUT2D eigenvalue weighted by Gasteiger charge is 2.08. The van der Waals surface area contributed by atoms with Crippen LogP contribution < -0.4 is 14.8 Å². The molecular weight excluding hydrogens is 330 g/mol. The number of para-hydroxylation sites is 2. The van der Waals surface area contributed by atoms with Gasteiger partial charge in [0.1, 0.15) is 11.5 Å². The van der Waals surface area contributed by atoms with Crippen LogP contribution in [-0.4, -0.2) is 29.1 Å². The number of anilines is 1. The fourth-order valence-corrected chi connectivity index (χ4v) is 2.52. The topological polar surface area (TPSA) is 76.2 Å². The number of aromatic amines is 1. The second-order valence-corrected chi connectivity index (χ2v) is 5.97. The predicted molar refractivity (Wildman–Crippen MR) is 102 cm³/mol. The molecule has 1 heterocycles. The summed E-state index contributed by atoms with van der Waals surface area (Å²) < 4.78 is 11.2. The molecule has 2 aromatic carbocycles. The first-order chi connectivity index (χ1) is 12.7. The standard InChI is InChI=1S/C20H23N3O3/c1-2-3-6-12-25-15-8-7-9-16(13-15)26-14-19(24)23-20-21-17-10-4-5-11-18(17)22-20/h4-5,7-11,13H,2-3,6,12,14H2,1H3,(H2,21,22,23,24). The molecule has 3 aromatic rings. The average molecular weight is 353 g/mol. The first kappa shape index (κ1) is 17.8. The maximum Gasteiger partial charge on any atom is 0.264 e. The van der Waals surface area contributed by atoms with Crippen LogP contribution in [-0.2, 0) is 4.79 Å². The van der Waals surface area contributed by atoms with Gasteiger partial charge >= 0.3 is 0 Å². The van der Waals surface area contributed by atoms with Crippen LogP contribution in [0.2, 0.25) is 0 Å². The molecule has 0 aliphatic heterocycles.